The lowest BCUT2D eigenvalue weighted by molar-refractivity contribution is -0.262. The maximum atomic E-state index is 12.1. The number of aliphatic hydroxyl groups is 3. The van der Waals surface area contributed by atoms with Crippen LogP contribution in [0.3, 0.4) is 0 Å². The lowest BCUT2D eigenvalue weighted by atomic mass is 9.97. The average molecular weight is 406 g/mol. The minimum Gasteiger partial charge on any atom is -0.394 e. The fraction of sp³-hybridized carbons (Fsp3) is 0.400. The van der Waals surface area contributed by atoms with Crippen molar-refractivity contribution in [2.24, 2.45) is 0 Å². The zero-order chi connectivity index (χ0) is 21.2. The molecule has 1 fully saturated rings. The number of allylic oxidation sites excluding steroid dienone is 2. The predicted octanol–water partition coefficient (Wildman–Crippen LogP) is -1.06. The van der Waals surface area contributed by atoms with E-state index in [0.29, 0.717) is 0 Å². The van der Waals surface area contributed by atoms with E-state index in [-0.39, 0.29) is 6.54 Å². The molecule has 0 aliphatic carbocycles. The molecular weight excluding hydrogens is 380 g/mol. The Hall–Kier alpha value is -2.56. The summed E-state index contributed by atoms with van der Waals surface area (Å²) >= 11 is 0. The largest absolute Gasteiger partial charge is 0.394 e. The van der Waals surface area contributed by atoms with E-state index in [0.717, 1.165) is 5.56 Å². The normalized spacial score (nSPS) is 27.2. The van der Waals surface area contributed by atoms with Gasteiger partial charge in [-0.15, -0.1) is 0 Å². The van der Waals surface area contributed by atoms with Crippen LogP contribution in [0.2, 0.25) is 0 Å². The van der Waals surface area contributed by atoms with E-state index in [1.54, 1.807) is 12.2 Å². The Balaban J connectivity index is 1.80. The topological polar surface area (TPSA) is 137 Å². The van der Waals surface area contributed by atoms with Gasteiger partial charge >= 0.3 is 0 Å². The van der Waals surface area contributed by atoms with Gasteiger partial charge in [-0.2, -0.15) is 0 Å². The molecule has 0 bridgehead atoms. The molecule has 1 saturated heterocycles. The van der Waals surface area contributed by atoms with Crippen LogP contribution < -0.4 is 10.6 Å². The number of benzene rings is 1. The van der Waals surface area contributed by atoms with Crippen molar-refractivity contribution in [1.82, 2.24) is 10.6 Å². The quantitative estimate of drug-likeness (QED) is 0.274. The molecular formula is C20H26N2O7. The summed E-state index contributed by atoms with van der Waals surface area (Å²) in [5.74, 6) is -1.07. The van der Waals surface area contributed by atoms with Crippen LogP contribution >= 0.6 is 0 Å². The highest BCUT2D eigenvalue weighted by Gasteiger charge is 2.45. The maximum absolute atomic E-state index is 12.1. The number of ether oxygens (including phenoxy) is 2. The van der Waals surface area contributed by atoms with Crippen molar-refractivity contribution in [3.05, 3.63) is 54.1 Å². The number of carbonyl (C=O) groups is 2. The van der Waals surface area contributed by atoms with E-state index < -0.39 is 49.1 Å². The maximum Gasteiger partial charge on any atom is 0.244 e. The third kappa shape index (κ3) is 6.77. The van der Waals surface area contributed by atoms with Crippen LogP contribution in [-0.4, -0.2) is 78.0 Å². The van der Waals surface area contributed by atoms with Crippen LogP contribution in [0.25, 0.3) is 6.08 Å². The second-order valence-electron chi connectivity index (χ2n) is 6.38. The first-order valence-electron chi connectivity index (χ1n) is 9.08. The summed E-state index contributed by atoms with van der Waals surface area (Å²) in [6.45, 7) is -0.857. The molecule has 2 amide bonds. The molecule has 1 aromatic rings. The minimum atomic E-state index is -1.41. The summed E-state index contributed by atoms with van der Waals surface area (Å²) in [7, 11) is 1.30. The van der Waals surface area contributed by atoms with E-state index in [1.807, 2.05) is 36.4 Å². The number of amides is 2. The third-order valence-electron chi connectivity index (χ3n) is 4.31. The van der Waals surface area contributed by atoms with Crippen LogP contribution in [-0.2, 0) is 19.1 Å². The minimum absolute atomic E-state index is 0.343. The third-order valence-corrected chi connectivity index (χ3v) is 4.31. The molecule has 0 radical (unpaired) electrons. The summed E-state index contributed by atoms with van der Waals surface area (Å²) in [4.78, 5) is 23.9. The Morgan fingerprint density at radius 2 is 1.90 bits per heavy atom. The van der Waals surface area contributed by atoms with Gasteiger partial charge in [-0.3, -0.25) is 9.59 Å². The smallest absolute Gasteiger partial charge is 0.244 e. The molecule has 1 aliphatic rings. The number of hydrogen-bond donors (Lipinski definition) is 5. The van der Waals surface area contributed by atoms with Gasteiger partial charge in [0.2, 0.25) is 11.8 Å². The van der Waals surface area contributed by atoms with Crippen molar-refractivity contribution < 1.29 is 34.4 Å². The van der Waals surface area contributed by atoms with Crippen LogP contribution in [0.5, 0.6) is 0 Å². The van der Waals surface area contributed by atoms with Crippen molar-refractivity contribution in [1.29, 1.82) is 0 Å². The molecule has 1 heterocycles. The summed E-state index contributed by atoms with van der Waals surface area (Å²) in [5.41, 5.74) is 0.989. The monoisotopic (exact) mass is 406 g/mol. The summed E-state index contributed by atoms with van der Waals surface area (Å²) in [6, 6.07) is 8.49. The predicted molar refractivity (Wildman–Crippen MR) is 104 cm³/mol. The Morgan fingerprint density at radius 3 is 2.55 bits per heavy atom. The fourth-order valence-electron chi connectivity index (χ4n) is 2.77. The molecule has 0 saturated carbocycles. The van der Waals surface area contributed by atoms with Gasteiger partial charge in [-0.25, -0.2) is 0 Å². The molecule has 158 valence electrons. The molecule has 2 rings (SSSR count). The molecule has 9 heteroatoms. The van der Waals surface area contributed by atoms with E-state index in [1.165, 1.54) is 13.2 Å². The average Bonchev–Trinajstić information content (AvgIpc) is 2.74. The molecule has 0 aromatic heterocycles. The fourth-order valence-corrected chi connectivity index (χ4v) is 2.77. The molecule has 5 unspecified atom stereocenters. The van der Waals surface area contributed by atoms with Crippen molar-refractivity contribution in [3.63, 3.8) is 0 Å². The second kappa shape index (κ2) is 11.4. The van der Waals surface area contributed by atoms with Crippen molar-refractivity contribution >= 4 is 17.9 Å². The van der Waals surface area contributed by atoms with E-state index in [9.17, 15) is 19.8 Å². The first-order chi connectivity index (χ1) is 14.0. The summed E-state index contributed by atoms with van der Waals surface area (Å²) in [5, 5.41) is 34.1. The molecule has 1 aliphatic heterocycles. The highest BCUT2D eigenvalue weighted by molar-refractivity contribution is 5.91. The number of aliphatic hydroxyl groups excluding tert-OH is 3. The Labute approximate surface area is 168 Å². The first-order valence-corrected chi connectivity index (χ1v) is 9.08. The van der Waals surface area contributed by atoms with E-state index in [2.05, 4.69) is 10.6 Å². The zero-order valence-electron chi connectivity index (χ0n) is 16.0. The molecule has 5 N–H and O–H groups in total. The van der Waals surface area contributed by atoms with Crippen molar-refractivity contribution in [2.45, 2.75) is 30.6 Å². The van der Waals surface area contributed by atoms with Gasteiger partial charge in [-0.05, 0) is 5.56 Å². The van der Waals surface area contributed by atoms with Gasteiger partial charge in [0.05, 0.1) is 13.2 Å². The lowest BCUT2D eigenvalue weighted by Gasteiger charge is -2.41. The van der Waals surface area contributed by atoms with Crippen LogP contribution in [0, 0.1) is 0 Å². The first kappa shape index (κ1) is 22.7. The van der Waals surface area contributed by atoms with E-state index >= 15 is 0 Å². The highest BCUT2D eigenvalue weighted by atomic mass is 16.7. The van der Waals surface area contributed by atoms with Crippen molar-refractivity contribution in [2.75, 3.05) is 20.3 Å². The Bertz CT molecular complexity index is 721. The van der Waals surface area contributed by atoms with E-state index in [4.69, 9.17) is 14.6 Å². The molecule has 5 atom stereocenters. The number of hydrogen-bond acceptors (Lipinski definition) is 7. The van der Waals surface area contributed by atoms with Gasteiger partial charge in [-0.1, -0.05) is 48.6 Å². The SMILES string of the molecule is COC1OC(CO)C(O)C(O)C1NC(=O)CNC(=O)C=CC=Cc1ccccc1. The zero-order valence-corrected chi connectivity index (χ0v) is 16.0. The van der Waals surface area contributed by atoms with Gasteiger partial charge in [0.15, 0.2) is 6.29 Å². The summed E-state index contributed by atoms with van der Waals surface area (Å²) < 4.78 is 10.4. The summed E-state index contributed by atoms with van der Waals surface area (Å²) in [6.07, 6.45) is 1.46. The van der Waals surface area contributed by atoms with Crippen LogP contribution in [0.1, 0.15) is 5.56 Å². The highest BCUT2D eigenvalue weighted by Crippen LogP contribution is 2.21. The number of nitrogens with one attached hydrogen (secondary N) is 2. The van der Waals surface area contributed by atoms with Crippen molar-refractivity contribution in [3.8, 4) is 0 Å². The van der Waals surface area contributed by atoms with Gasteiger partial charge in [0.25, 0.3) is 0 Å². The van der Waals surface area contributed by atoms with Gasteiger partial charge < -0.3 is 35.4 Å². The Morgan fingerprint density at radius 1 is 1.17 bits per heavy atom. The Kier molecular flexibility index (Phi) is 8.97. The standard InChI is InChI=1S/C20H26N2O7/c1-28-20-17(19(27)18(26)14(12-23)29-20)22-16(25)11-21-15(24)10-6-5-9-13-7-3-2-4-8-13/h2-10,14,17-20,23,26-27H,11-12H2,1H3,(H,21,24)(H,22,25). The van der Waals surface area contributed by atoms with Gasteiger partial charge in [0, 0.05) is 13.2 Å². The second-order valence-corrected chi connectivity index (χ2v) is 6.38. The number of methoxy groups -OCH3 is 1. The van der Waals surface area contributed by atoms with Crippen LogP contribution in [0.15, 0.2) is 48.6 Å². The van der Waals surface area contributed by atoms with Crippen LogP contribution in [0.4, 0.5) is 0 Å². The lowest BCUT2D eigenvalue weighted by Crippen LogP contribution is -2.65. The molecule has 9 nitrogen and oxygen atoms in total. The number of rotatable bonds is 8. The molecule has 1 aromatic carbocycles. The molecule has 29 heavy (non-hydrogen) atoms. The van der Waals surface area contributed by atoms with Gasteiger partial charge in [0.1, 0.15) is 24.4 Å². The number of carbonyl (C=O) groups excluding carboxylic acids is 2. The molecule has 0 spiro atoms.